The topological polar surface area (TPSA) is 12.0 Å². The van der Waals surface area contributed by atoms with E-state index in [1.54, 1.807) is 0 Å². The summed E-state index contributed by atoms with van der Waals surface area (Å²) in [5.41, 5.74) is 0. The highest BCUT2D eigenvalue weighted by Crippen LogP contribution is 1.79. The fraction of sp³-hybridized carbons (Fsp3) is 0.667. The third-order valence-electron chi connectivity index (χ3n) is 0.936. The van der Waals surface area contributed by atoms with Gasteiger partial charge in [-0.15, -0.1) is 12.4 Å². The van der Waals surface area contributed by atoms with Crippen LogP contribution in [0.15, 0.2) is 12.2 Å². The van der Waals surface area contributed by atoms with Crippen molar-refractivity contribution in [2.45, 2.75) is 19.9 Å². The molecule has 0 aromatic carbocycles. The second kappa shape index (κ2) is 6.99. The number of likely N-dealkylation sites (N-methyl/N-ethyl adjacent to an activating group) is 1. The molecule has 0 aliphatic rings. The molecule has 8 heavy (non-hydrogen) atoms. The maximum atomic E-state index is 3.08. The van der Waals surface area contributed by atoms with Gasteiger partial charge >= 0.3 is 0 Å². The maximum Gasteiger partial charge on any atom is 0.0218 e. The van der Waals surface area contributed by atoms with E-state index in [4.69, 9.17) is 0 Å². The van der Waals surface area contributed by atoms with E-state index in [2.05, 4.69) is 18.3 Å². The molecule has 0 aromatic rings. The molecule has 0 amide bonds. The third-order valence-corrected chi connectivity index (χ3v) is 0.936. The van der Waals surface area contributed by atoms with Gasteiger partial charge in [0.2, 0.25) is 0 Å². The van der Waals surface area contributed by atoms with Crippen LogP contribution in [0.4, 0.5) is 0 Å². The van der Waals surface area contributed by atoms with Crippen LogP contribution >= 0.6 is 12.4 Å². The first kappa shape index (κ1) is 10.9. The number of nitrogens with one attached hydrogen (secondary N) is 1. The fourth-order valence-electron chi connectivity index (χ4n) is 0.385. The van der Waals surface area contributed by atoms with Gasteiger partial charge in [-0.05, 0) is 20.9 Å². The minimum Gasteiger partial charge on any atom is -0.314 e. The Morgan fingerprint density at radius 1 is 1.50 bits per heavy atom. The molecule has 0 aliphatic carbocycles. The SMILES string of the molecule is C/C=C\[C@H](C)NC.Cl. The predicted molar refractivity (Wildman–Crippen MR) is 40.6 cm³/mol. The zero-order chi connectivity index (χ0) is 5.70. The average Bonchev–Trinajstić information content (AvgIpc) is 1.68. The highest BCUT2D eigenvalue weighted by molar-refractivity contribution is 5.85. The van der Waals surface area contributed by atoms with E-state index in [1.165, 1.54) is 0 Å². The van der Waals surface area contributed by atoms with Crippen LogP contribution in [-0.2, 0) is 0 Å². The lowest BCUT2D eigenvalue weighted by atomic mass is 10.3. The van der Waals surface area contributed by atoms with Gasteiger partial charge in [-0.3, -0.25) is 0 Å². The van der Waals surface area contributed by atoms with Crippen LogP contribution in [0.25, 0.3) is 0 Å². The lowest BCUT2D eigenvalue weighted by Crippen LogP contribution is -2.17. The fourth-order valence-corrected chi connectivity index (χ4v) is 0.385. The molecule has 0 bridgehead atoms. The van der Waals surface area contributed by atoms with Crippen molar-refractivity contribution < 1.29 is 0 Å². The van der Waals surface area contributed by atoms with Gasteiger partial charge in [0.25, 0.3) is 0 Å². The first-order valence-corrected chi connectivity index (χ1v) is 2.61. The van der Waals surface area contributed by atoms with Crippen molar-refractivity contribution in [1.29, 1.82) is 0 Å². The van der Waals surface area contributed by atoms with Crippen molar-refractivity contribution in [3.8, 4) is 0 Å². The molecule has 0 aliphatic heterocycles. The first-order chi connectivity index (χ1) is 3.31. The smallest absolute Gasteiger partial charge is 0.0218 e. The summed E-state index contributed by atoms with van der Waals surface area (Å²) in [5.74, 6) is 0. The molecule has 2 heteroatoms. The van der Waals surface area contributed by atoms with Gasteiger partial charge in [0.15, 0.2) is 0 Å². The molecule has 50 valence electrons. The summed E-state index contributed by atoms with van der Waals surface area (Å²) < 4.78 is 0. The van der Waals surface area contributed by atoms with Gasteiger partial charge in [0, 0.05) is 6.04 Å². The normalized spacial score (nSPS) is 13.4. The van der Waals surface area contributed by atoms with E-state index in [0.29, 0.717) is 6.04 Å². The van der Waals surface area contributed by atoms with E-state index in [0.717, 1.165) is 0 Å². The van der Waals surface area contributed by atoms with Crippen LogP contribution in [0.1, 0.15) is 13.8 Å². The van der Waals surface area contributed by atoms with E-state index < -0.39 is 0 Å². The number of rotatable bonds is 2. The summed E-state index contributed by atoms with van der Waals surface area (Å²) >= 11 is 0. The molecule has 0 saturated carbocycles. The van der Waals surface area contributed by atoms with Gasteiger partial charge in [0.1, 0.15) is 0 Å². The van der Waals surface area contributed by atoms with Gasteiger partial charge in [-0.25, -0.2) is 0 Å². The summed E-state index contributed by atoms with van der Waals surface area (Å²) in [6, 6.07) is 0.519. The zero-order valence-electron chi connectivity index (χ0n) is 5.64. The molecule has 0 rings (SSSR count). The van der Waals surface area contributed by atoms with Gasteiger partial charge in [-0.1, -0.05) is 12.2 Å². The predicted octanol–water partition coefficient (Wildman–Crippen LogP) is 1.59. The van der Waals surface area contributed by atoms with Crippen LogP contribution in [0.2, 0.25) is 0 Å². The monoisotopic (exact) mass is 135 g/mol. The maximum absolute atomic E-state index is 3.08. The van der Waals surface area contributed by atoms with Gasteiger partial charge in [-0.2, -0.15) is 0 Å². The Balaban J connectivity index is 0. The van der Waals surface area contributed by atoms with Crippen LogP contribution in [0.3, 0.4) is 0 Å². The van der Waals surface area contributed by atoms with Crippen molar-refractivity contribution in [3.63, 3.8) is 0 Å². The molecule has 1 nitrogen and oxygen atoms in total. The molecule has 0 aromatic heterocycles. The van der Waals surface area contributed by atoms with Crippen molar-refractivity contribution in [3.05, 3.63) is 12.2 Å². The Morgan fingerprint density at radius 2 is 2.00 bits per heavy atom. The largest absolute Gasteiger partial charge is 0.314 e. The van der Waals surface area contributed by atoms with Crippen LogP contribution in [0.5, 0.6) is 0 Å². The van der Waals surface area contributed by atoms with Crippen molar-refractivity contribution in [2.75, 3.05) is 7.05 Å². The van der Waals surface area contributed by atoms with E-state index in [-0.39, 0.29) is 12.4 Å². The van der Waals surface area contributed by atoms with Crippen LogP contribution < -0.4 is 5.32 Å². The van der Waals surface area contributed by atoms with E-state index in [9.17, 15) is 0 Å². The second-order valence-electron chi connectivity index (χ2n) is 1.60. The lowest BCUT2D eigenvalue weighted by Gasteiger charge is -1.99. The highest BCUT2D eigenvalue weighted by Gasteiger charge is 1.83. The number of allylic oxidation sites excluding steroid dienone is 1. The second-order valence-corrected chi connectivity index (χ2v) is 1.60. The summed E-state index contributed by atoms with van der Waals surface area (Å²) in [7, 11) is 1.95. The molecular formula is C6H14ClN. The minimum atomic E-state index is 0. The molecule has 0 heterocycles. The zero-order valence-corrected chi connectivity index (χ0v) is 6.46. The summed E-state index contributed by atoms with van der Waals surface area (Å²) in [6.45, 7) is 4.13. The Morgan fingerprint density at radius 3 is 2.12 bits per heavy atom. The number of hydrogen-bond acceptors (Lipinski definition) is 1. The quantitative estimate of drug-likeness (QED) is 0.568. The third kappa shape index (κ3) is 5.99. The molecule has 0 spiro atoms. The molecule has 0 unspecified atom stereocenters. The minimum absolute atomic E-state index is 0. The molecule has 0 fully saturated rings. The first-order valence-electron chi connectivity index (χ1n) is 2.61. The van der Waals surface area contributed by atoms with E-state index >= 15 is 0 Å². The summed E-state index contributed by atoms with van der Waals surface area (Å²) in [4.78, 5) is 0. The van der Waals surface area contributed by atoms with Crippen molar-refractivity contribution in [2.24, 2.45) is 0 Å². The Bertz CT molecular complexity index is 61.5. The van der Waals surface area contributed by atoms with Gasteiger partial charge < -0.3 is 5.32 Å². The van der Waals surface area contributed by atoms with Gasteiger partial charge in [0.05, 0.1) is 0 Å². The molecule has 1 atom stereocenters. The van der Waals surface area contributed by atoms with Crippen LogP contribution in [-0.4, -0.2) is 13.1 Å². The highest BCUT2D eigenvalue weighted by atomic mass is 35.5. The van der Waals surface area contributed by atoms with Crippen molar-refractivity contribution in [1.82, 2.24) is 5.32 Å². The summed E-state index contributed by atoms with van der Waals surface area (Å²) in [5, 5.41) is 3.08. The Kier molecular flexibility index (Phi) is 9.51. The molecule has 0 saturated heterocycles. The van der Waals surface area contributed by atoms with Crippen LogP contribution in [0, 0.1) is 0 Å². The Labute approximate surface area is 57.6 Å². The average molecular weight is 136 g/mol. The molecular weight excluding hydrogens is 122 g/mol. The van der Waals surface area contributed by atoms with E-state index in [1.807, 2.05) is 20.0 Å². The number of halogens is 1. The summed E-state index contributed by atoms with van der Waals surface area (Å²) in [6.07, 6.45) is 4.15. The number of hydrogen-bond donors (Lipinski definition) is 1. The molecule has 1 N–H and O–H groups in total. The van der Waals surface area contributed by atoms with Crippen molar-refractivity contribution >= 4 is 12.4 Å². The Hall–Kier alpha value is -0.0100. The lowest BCUT2D eigenvalue weighted by molar-refractivity contribution is 0.728. The standard InChI is InChI=1S/C6H13N.ClH/c1-4-5-6(2)7-3;/h4-7H,1-3H3;1H/b5-4-;/t6-;/m0./s1. The molecule has 0 radical (unpaired) electrons.